The Bertz CT molecular complexity index is 675. The molecule has 1 N–H and O–H groups in total. The summed E-state index contributed by atoms with van der Waals surface area (Å²) in [5.74, 6) is 1.46. The van der Waals surface area contributed by atoms with Gasteiger partial charge in [0.15, 0.2) is 0 Å². The highest BCUT2D eigenvalue weighted by Crippen LogP contribution is 2.38. The Kier molecular flexibility index (Phi) is 4.99. The second kappa shape index (κ2) is 7.01. The first-order valence-corrected chi connectivity index (χ1v) is 9.37. The first-order valence-electron chi connectivity index (χ1n) is 9.37. The fourth-order valence-corrected chi connectivity index (χ4v) is 3.47. The van der Waals surface area contributed by atoms with Crippen LogP contribution in [-0.2, 0) is 11.8 Å². The van der Waals surface area contributed by atoms with Crippen molar-refractivity contribution in [3.05, 3.63) is 53.6 Å². The quantitative estimate of drug-likeness (QED) is 0.603. The zero-order chi connectivity index (χ0) is 17.2. The van der Waals surface area contributed by atoms with Gasteiger partial charge in [-0.25, -0.2) is 0 Å². The van der Waals surface area contributed by atoms with E-state index >= 15 is 0 Å². The van der Waals surface area contributed by atoms with Crippen LogP contribution in [0.15, 0.2) is 42.5 Å². The number of unbranched alkanes of at least 4 members (excludes halogenated alkanes) is 1. The number of benzene rings is 2. The van der Waals surface area contributed by atoms with Crippen LogP contribution in [0.1, 0.15) is 64.0 Å². The van der Waals surface area contributed by atoms with Gasteiger partial charge in [0.05, 0.1) is 0 Å². The Morgan fingerprint density at radius 3 is 2.33 bits per heavy atom. The molecule has 2 aromatic carbocycles. The minimum Gasteiger partial charge on any atom is -0.508 e. The summed E-state index contributed by atoms with van der Waals surface area (Å²) in [5.41, 5.74) is 4.82. The van der Waals surface area contributed by atoms with E-state index in [1.807, 2.05) is 12.1 Å². The SMILES string of the molecule is CC(C)(C)c1cc(CCCCC2CC2)c(O)cc1-c1ccccc1. The van der Waals surface area contributed by atoms with Gasteiger partial charge in [-0.1, -0.05) is 82.9 Å². The first-order chi connectivity index (χ1) is 11.4. The Hall–Kier alpha value is -1.76. The van der Waals surface area contributed by atoms with Crippen molar-refractivity contribution in [3.8, 4) is 16.9 Å². The molecule has 1 heteroatoms. The molecule has 0 amide bonds. The highest BCUT2D eigenvalue weighted by molar-refractivity contribution is 5.71. The summed E-state index contributed by atoms with van der Waals surface area (Å²) in [6, 6.07) is 14.6. The summed E-state index contributed by atoms with van der Waals surface area (Å²) >= 11 is 0. The van der Waals surface area contributed by atoms with Gasteiger partial charge in [-0.15, -0.1) is 0 Å². The Balaban J connectivity index is 1.85. The highest BCUT2D eigenvalue weighted by atomic mass is 16.3. The molecule has 3 rings (SSSR count). The fourth-order valence-electron chi connectivity index (χ4n) is 3.47. The molecule has 128 valence electrons. The van der Waals surface area contributed by atoms with E-state index in [4.69, 9.17) is 0 Å². The molecule has 0 aromatic heterocycles. The van der Waals surface area contributed by atoms with Gasteiger partial charge < -0.3 is 5.11 Å². The first kappa shape index (κ1) is 17.1. The van der Waals surface area contributed by atoms with Gasteiger partial charge in [-0.3, -0.25) is 0 Å². The van der Waals surface area contributed by atoms with Crippen LogP contribution in [-0.4, -0.2) is 5.11 Å². The monoisotopic (exact) mass is 322 g/mol. The lowest BCUT2D eigenvalue weighted by Gasteiger charge is -2.25. The van der Waals surface area contributed by atoms with E-state index in [2.05, 4.69) is 51.1 Å². The van der Waals surface area contributed by atoms with E-state index in [9.17, 15) is 5.11 Å². The smallest absolute Gasteiger partial charge is 0.119 e. The summed E-state index contributed by atoms with van der Waals surface area (Å²) in [6.45, 7) is 6.76. The molecule has 1 nitrogen and oxygen atoms in total. The van der Waals surface area contributed by atoms with Crippen molar-refractivity contribution in [2.24, 2.45) is 5.92 Å². The van der Waals surface area contributed by atoms with E-state index in [1.165, 1.54) is 43.2 Å². The van der Waals surface area contributed by atoms with Crippen LogP contribution < -0.4 is 0 Å². The van der Waals surface area contributed by atoms with E-state index in [1.54, 1.807) is 0 Å². The fraction of sp³-hybridized carbons (Fsp3) is 0.478. The van der Waals surface area contributed by atoms with Gasteiger partial charge >= 0.3 is 0 Å². The van der Waals surface area contributed by atoms with Crippen LogP contribution in [0.2, 0.25) is 0 Å². The van der Waals surface area contributed by atoms with Crippen LogP contribution in [0.3, 0.4) is 0 Å². The zero-order valence-corrected chi connectivity index (χ0v) is 15.3. The number of hydrogen-bond acceptors (Lipinski definition) is 1. The molecule has 24 heavy (non-hydrogen) atoms. The molecule has 1 aliphatic carbocycles. The van der Waals surface area contributed by atoms with E-state index in [-0.39, 0.29) is 5.41 Å². The average Bonchev–Trinajstić information content (AvgIpc) is 3.36. The maximum absolute atomic E-state index is 10.6. The van der Waals surface area contributed by atoms with Gasteiger partial charge in [0.2, 0.25) is 0 Å². The molecule has 1 aliphatic rings. The van der Waals surface area contributed by atoms with Crippen molar-refractivity contribution < 1.29 is 5.11 Å². The van der Waals surface area contributed by atoms with Gasteiger partial charge in [-0.2, -0.15) is 0 Å². The summed E-state index contributed by atoms with van der Waals surface area (Å²) in [4.78, 5) is 0. The molecule has 1 fully saturated rings. The third-order valence-electron chi connectivity index (χ3n) is 5.12. The molecule has 0 heterocycles. The van der Waals surface area contributed by atoms with Crippen molar-refractivity contribution in [1.29, 1.82) is 0 Å². The third kappa shape index (κ3) is 4.20. The second-order valence-electron chi connectivity index (χ2n) is 8.33. The lowest BCUT2D eigenvalue weighted by Crippen LogP contribution is -2.13. The van der Waals surface area contributed by atoms with Crippen molar-refractivity contribution in [2.45, 2.75) is 64.7 Å². The molecule has 0 spiro atoms. The van der Waals surface area contributed by atoms with Crippen molar-refractivity contribution in [2.75, 3.05) is 0 Å². The van der Waals surface area contributed by atoms with Crippen molar-refractivity contribution >= 4 is 0 Å². The molecule has 1 saturated carbocycles. The van der Waals surface area contributed by atoms with E-state index < -0.39 is 0 Å². The molecule has 0 radical (unpaired) electrons. The maximum Gasteiger partial charge on any atom is 0.119 e. The molecule has 0 unspecified atom stereocenters. The summed E-state index contributed by atoms with van der Waals surface area (Å²) in [6.07, 6.45) is 7.69. The molecule has 0 bridgehead atoms. The number of phenols is 1. The average molecular weight is 322 g/mol. The minimum atomic E-state index is 0.0572. The molecule has 0 atom stereocenters. The van der Waals surface area contributed by atoms with Crippen LogP contribution in [0.5, 0.6) is 5.75 Å². The van der Waals surface area contributed by atoms with Crippen molar-refractivity contribution in [1.82, 2.24) is 0 Å². The zero-order valence-electron chi connectivity index (χ0n) is 15.3. The lowest BCUT2D eigenvalue weighted by atomic mass is 9.80. The number of aromatic hydroxyl groups is 1. The van der Waals surface area contributed by atoms with Crippen LogP contribution in [0.4, 0.5) is 0 Å². The van der Waals surface area contributed by atoms with Crippen LogP contribution in [0, 0.1) is 5.92 Å². The lowest BCUT2D eigenvalue weighted by molar-refractivity contribution is 0.464. The third-order valence-corrected chi connectivity index (χ3v) is 5.12. The number of hydrogen-bond donors (Lipinski definition) is 1. The Morgan fingerprint density at radius 2 is 1.71 bits per heavy atom. The predicted molar refractivity (Wildman–Crippen MR) is 103 cm³/mol. The molecular formula is C23H30O. The van der Waals surface area contributed by atoms with Crippen LogP contribution >= 0.6 is 0 Å². The van der Waals surface area contributed by atoms with Crippen molar-refractivity contribution in [3.63, 3.8) is 0 Å². The second-order valence-corrected chi connectivity index (χ2v) is 8.33. The summed E-state index contributed by atoms with van der Waals surface area (Å²) in [5, 5.41) is 10.6. The minimum absolute atomic E-state index is 0.0572. The van der Waals surface area contributed by atoms with Crippen LogP contribution in [0.25, 0.3) is 11.1 Å². The summed E-state index contributed by atoms with van der Waals surface area (Å²) in [7, 11) is 0. The van der Waals surface area contributed by atoms with Gasteiger partial charge in [0, 0.05) is 0 Å². The molecule has 2 aromatic rings. The number of aryl methyl sites for hydroxylation is 1. The number of rotatable bonds is 6. The highest BCUT2D eigenvalue weighted by Gasteiger charge is 2.22. The largest absolute Gasteiger partial charge is 0.508 e. The number of phenolic OH excluding ortho intramolecular Hbond substituents is 1. The molecule has 0 aliphatic heterocycles. The van der Waals surface area contributed by atoms with E-state index in [0.717, 1.165) is 23.5 Å². The van der Waals surface area contributed by atoms with E-state index in [0.29, 0.717) is 5.75 Å². The topological polar surface area (TPSA) is 20.2 Å². The van der Waals surface area contributed by atoms with Gasteiger partial charge in [-0.05, 0) is 52.5 Å². The maximum atomic E-state index is 10.6. The Morgan fingerprint density at radius 1 is 1.00 bits per heavy atom. The Labute approximate surface area is 146 Å². The normalized spacial score (nSPS) is 14.8. The molecular weight excluding hydrogens is 292 g/mol. The summed E-state index contributed by atoms with van der Waals surface area (Å²) < 4.78 is 0. The molecule has 0 saturated heterocycles. The predicted octanol–water partition coefficient (Wildman–Crippen LogP) is 6.48. The van der Waals surface area contributed by atoms with Gasteiger partial charge in [0.25, 0.3) is 0 Å². The van der Waals surface area contributed by atoms with Gasteiger partial charge in [0.1, 0.15) is 5.75 Å². The standard InChI is InChI=1S/C23H30O/c1-23(2,3)21-15-19(12-8-7-9-17-13-14-17)22(24)16-20(21)18-10-5-4-6-11-18/h4-6,10-11,15-17,24H,7-9,12-14H2,1-3H3.